The van der Waals surface area contributed by atoms with Crippen LogP contribution in [0.3, 0.4) is 0 Å². The molecule has 0 saturated heterocycles. The summed E-state index contributed by atoms with van der Waals surface area (Å²) < 4.78 is 7.89. The number of aryl methyl sites for hydroxylation is 1. The summed E-state index contributed by atoms with van der Waals surface area (Å²) in [5.41, 5.74) is 4.12. The van der Waals surface area contributed by atoms with Gasteiger partial charge in [0.1, 0.15) is 5.75 Å². The number of rotatable bonds is 7. The minimum atomic E-state index is -0.927. The standard InChI is InChI=1S/C24H23ClN2O3/c1-16-12-13-27(15-17-2-5-19(25)6-3-17)22(16)9-11-24(29)30-20-7-8-21-18(14-20)4-10-23(28)26-21/h2-8,10,12-14,24,29H,9,11,15H2,1H3,(H,26,28). The molecule has 2 aromatic heterocycles. The summed E-state index contributed by atoms with van der Waals surface area (Å²) in [5, 5.41) is 12.0. The molecule has 30 heavy (non-hydrogen) atoms. The SMILES string of the molecule is Cc1ccn(Cc2ccc(Cl)cc2)c1CCC(O)Oc1ccc2[nH]c(=O)ccc2c1. The van der Waals surface area contributed by atoms with Crippen LogP contribution in [0.1, 0.15) is 23.2 Å². The molecule has 2 N–H and O–H groups in total. The van der Waals surface area contributed by atoms with Gasteiger partial charge in [-0.15, -0.1) is 0 Å². The summed E-state index contributed by atoms with van der Waals surface area (Å²) in [6.07, 6.45) is 2.30. The predicted octanol–water partition coefficient (Wildman–Crippen LogP) is 4.67. The fourth-order valence-corrected chi connectivity index (χ4v) is 3.70. The molecular formula is C24H23ClN2O3. The summed E-state index contributed by atoms with van der Waals surface area (Å²) in [6, 6.07) is 18.5. The molecule has 2 aromatic carbocycles. The van der Waals surface area contributed by atoms with E-state index in [1.54, 1.807) is 18.2 Å². The lowest BCUT2D eigenvalue weighted by molar-refractivity contribution is -0.0227. The maximum atomic E-state index is 11.4. The minimum Gasteiger partial charge on any atom is -0.465 e. The highest BCUT2D eigenvalue weighted by molar-refractivity contribution is 6.30. The van der Waals surface area contributed by atoms with E-state index in [1.807, 2.05) is 30.3 Å². The smallest absolute Gasteiger partial charge is 0.248 e. The third kappa shape index (κ3) is 4.75. The maximum Gasteiger partial charge on any atom is 0.248 e. The predicted molar refractivity (Wildman–Crippen MR) is 119 cm³/mol. The normalized spacial score (nSPS) is 12.2. The van der Waals surface area contributed by atoms with Gasteiger partial charge in [-0.3, -0.25) is 4.79 Å². The lowest BCUT2D eigenvalue weighted by Gasteiger charge is -2.16. The molecular weight excluding hydrogens is 400 g/mol. The molecule has 4 rings (SSSR count). The van der Waals surface area contributed by atoms with Gasteiger partial charge in [0, 0.05) is 46.8 Å². The van der Waals surface area contributed by atoms with Crippen molar-refractivity contribution in [3.63, 3.8) is 0 Å². The van der Waals surface area contributed by atoms with Crippen molar-refractivity contribution in [3.05, 3.63) is 99.1 Å². The zero-order valence-electron chi connectivity index (χ0n) is 16.6. The maximum absolute atomic E-state index is 11.4. The van der Waals surface area contributed by atoms with E-state index in [2.05, 4.69) is 28.7 Å². The number of nitrogens with one attached hydrogen (secondary N) is 1. The van der Waals surface area contributed by atoms with Gasteiger partial charge in [-0.1, -0.05) is 23.7 Å². The van der Waals surface area contributed by atoms with Gasteiger partial charge in [-0.25, -0.2) is 0 Å². The van der Waals surface area contributed by atoms with Crippen molar-refractivity contribution in [1.82, 2.24) is 9.55 Å². The average molecular weight is 423 g/mol. The van der Waals surface area contributed by atoms with Crippen molar-refractivity contribution in [2.45, 2.75) is 32.6 Å². The highest BCUT2D eigenvalue weighted by Crippen LogP contribution is 2.21. The lowest BCUT2D eigenvalue weighted by Crippen LogP contribution is -2.17. The van der Waals surface area contributed by atoms with Gasteiger partial charge in [0.2, 0.25) is 5.56 Å². The molecule has 0 aliphatic carbocycles. The molecule has 0 saturated carbocycles. The fraction of sp³-hybridized carbons (Fsp3) is 0.208. The van der Waals surface area contributed by atoms with Crippen molar-refractivity contribution in [3.8, 4) is 5.75 Å². The molecule has 0 amide bonds. The van der Waals surface area contributed by atoms with Crippen LogP contribution in [0.15, 0.2) is 71.7 Å². The van der Waals surface area contributed by atoms with Gasteiger partial charge >= 0.3 is 0 Å². The van der Waals surface area contributed by atoms with E-state index in [-0.39, 0.29) is 5.56 Å². The van der Waals surface area contributed by atoms with Crippen LogP contribution >= 0.6 is 11.6 Å². The van der Waals surface area contributed by atoms with E-state index >= 15 is 0 Å². The van der Waals surface area contributed by atoms with Crippen molar-refractivity contribution in [1.29, 1.82) is 0 Å². The number of aliphatic hydroxyl groups excluding tert-OH is 1. The summed E-state index contributed by atoms with van der Waals surface area (Å²) in [4.78, 5) is 14.2. The zero-order valence-corrected chi connectivity index (χ0v) is 17.4. The van der Waals surface area contributed by atoms with Crippen molar-refractivity contribution in [2.24, 2.45) is 0 Å². The molecule has 0 aliphatic rings. The summed E-state index contributed by atoms with van der Waals surface area (Å²) in [5.74, 6) is 0.565. The first-order valence-corrected chi connectivity index (χ1v) is 10.2. The quantitative estimate of drug-likeness (QED) is 0.425. The first-order valence-electron chi connectivity index (χ1n) is 9.85. The second-order valence-electron chi connectivity index (χ2n) is 7.38. The lowest BCUT2D eigenvalue weighted by atomic mass is 10.1. The van der Waals surface area contributed by atoms with Gasteiger partial charge < -0.3 is 19.4 Å². The average Bonchev–Trinajstić information content (AvgIpc) is 3.07. The number of aliphatic hydroxyl groups is 1. The number of ether oxygens (including phenoxy) is 1. The third-order valence-electron chi connectivity index (χ3n) is 5.17. The Morgan fingerprint density at radius 1 is 1.10 bits per heavy atom. The number of pyridine rings is 1. The number of fused-ring (bicyclic) bond motifs is 1. The van der Waals surface area contributed by atoms with Crippen LogP contribution in [0.2, 0.25) is 5.02 Å². The fourth-order valence-electron chi connectivity index (χ4n) is 3.57. The second kappa shape index (κ2) is 8.78. The molecule has 1 atom stereocenters. The van der Waals surface area contributed by atoms with Gasteiger partial charge in [-0.05, 0) is 66.9 Å². The topological polar surface area (TPSA) is 67.2 Å². The molecule has 0 spiro atoms. The molecule has 2 heterocycles. The van der Waals surface area contributed by atoms with Crippen LogP contribution in [0.5, 0.6) is 5.75 Å². The number of aromatic nitrogens is 2. The van der Waals surface area contributed by atoms with Crippen LogP contribution in [0.4, 0.5) is 0 Å². The van der Waals surface area contributed by atoms with E-state index in [0.717, 1.165) is 22.5 Å². The Bertz CT molecular complexity index is 1210. The zero-order chi connectivity index (χ0) is 21.1. The molecule has 5 nitrogen and oxygen atoms in total. The first kappa shape index (κ1) is 20.3. The number of benzene rings is 2. The Balaban J connectivity index is 1.41. The highest BCUT2D eigenvalue weighted by atomic mass is 35.5. The summed E-state index contributed by atoms with van der Waals surface area (Å²) >= 11 is 5.98. The van der Waals surface area contributed by atoms with Crippen molar-refractivity contribution in [2.75, 3.05) is 0 Å². The summed E-state index contributed by atoms with van der Waals surface area (Å²) in [7, 11) is 0. The Labute approximate surface area is 179 Å². The van der Waals surface area contributed by atoms with E-state index in [0.29, 0.717) is 18.6 Å². The monoisotopic (exact) mass is 422 g/mol. The number of aromatic amines is 1. The first-order chi connectivity index (χ1) is 14.5. The van der Waals surface area contributed by atoms with Crippen LogP contribution in [-0.2, 0) is 13.0 Å². The van der Waals surface area contributed by atoms with Crippen LogP contribution in [0.25, 0.3) is 10.9 Å². The van der Waals surface area contributed by atoms with E-state index in [9.17, 15) is 9.90 Å². The minimum absolute atomic E-state index is 0.145. The largest absolute Gasteiger partial charge is 0.465 e. The van der Waals surface area contributed by atoms with Crippen LogP contribution in [-0.4, -0.2) is 20.9 Å². The highest BCUT2D eigenvalue weighted by Gasteiger charge is 2.12. The van der Waals surface area contributed by atoms with Crippen LogP contribution in [0, 0.1) is 6.92 Å². The molecule has 0 bridgehead atoms. The Morgan fingerprint density at radius 3 is 2.70 bits per heavy atom. The molecule has 0 aliphatic heterocycles. The Kier molecular flexibility index (Phi) is 5.93. The number of hydrogen-bond acceptors (Lipinski definition) is 3. The number of H-pyrrole nitrogens is 1. The number of nitrogens with zero attached hydrogens (tertiary/aromatic N) is 1. The molecule has 154 valence electrons. The van der Waals surface area contributed by atoms with E-state index in [4.69, 9.17) is 16.3 Å². The van der Waals surface area contributed by atoms with Crippen molar-refractivity contribution >= 4 is 22.5 Å². The molecule has 1 unspecified atom stereocenters. The summed E-state index contributed by atoms with van der Waals surface area (Å²) in [6.45, 7) is 2.82. The van der Waals surface area contributed by atoms with Gasteiger partial charge in [-0.2, -0.15) is 0 Å². The molecule has 0 fully saturated rings. The van der Waals surface area contributed by atoms with Gasteiger partial charge in [0.15, 0.2) is 6.29 Å². The Hall–Kier alpha value is -3.02. The third-order valence-corrected chi connectivity index (χ3v) is 5.42. The molecule has 4 aromatic rings. The molecule has 6 heteroatoms. The van der Waals surface area contributed by atoms with E-state index < -0.39 is 6.29 Å². The van der Waals surface area contributed by atoms with Gasteiger partial charge in [0.25, 0.3) is 0 Å². The van der Waals surface area contributed by atoms with Crippen molar-refractivity contribution < 1.29 is 9.84 Å². The molecule has 0 radical (unpaired) electrons. The van der Waals surface area contributed by atoms with Crippen LogP contribution < -0.4 is 10.3 Å². The number of halogens is 1. The second-order valence-corrected chi connectivity index (χ2v) is 7.82. The number of hydrogen-bond donors (Lipinski definition) is 2. The van der Waals surface area contributed by atoms with E-state index in [1.165, 1.54) is 22.9 Å². The Morgan fingerprint density at radius 2 is 1.90 bits per heavy atom. The van der Waals surface area contributed by atoms with Gasteiger partial charge in [0.05, 0.1) is 0 Å².